The van der Waals surface area contributed by atoms with Crippen molar-refractivity contribution in [2.24, 2.45) is 0 Å². The minimum atomic E-state index is 0.118. The fourth-order valence-electron chi connectivity index (χ4n) is 4.55. The van der Waals surface area contributed by atoms with Gasteiger partial charge in [-0.25, -0.2) is 0 Å². The lowest BCUT2D eigenvalue weighted by Crippen LogP contribution is -2.56. The molecular weight excluding hydrogens is 336 g/mol. The topological polar surface area (TPSA) is 46.9 Å². The van der Waals surface area contributed by atoms with Crippen molar-refractivity contribution < 1.29 is 10.2 Å². The number of nitrogens with zero attached hydrogens (tertiary/aromatic N) is 2. The Labute approximate surface area is 164 Å². The molecule has 1 atom stereocenters. The fraction of sp³-hybridized carbons (Fsp3) is 0.652. The van der Waals surface area contributed by atoms with E-state index < -0.39 is 0 Å². The van der Waals surface area contributed by atoms with Gasteiger partial charge in [0.2, 0.25) is 0 Å². The Morgan fingerprint density at radius 1 is 0.963 bits per heavy atom. The van der Waals surface area contributed by atoms with Crippen LogP contribution in [0.2, 0.25) is 0 Å². The molecule has 2 fully saturated rings. The first kappa shape index (κ1) is 20.4. The van der Waals surface area contributed by atoms with E-state index in [1.165, 1.54) is 37.7 Å². The minimum absolute atomic E-state index is 0.118. The predicted molar refractivity (Wildman–Crippen MR) is 109 cm³/mol. The summed E-state index contributed by atoms with van der Waals surface area (Å²) in [5, 5.41) is 18.4. The van der Waals surface area contributed by atoms with E-state index in [1.807, 2.05) is 0 Å². The van der Waals surface area contributed by atoms with Crippen LogP contribution in [0, 0.1) is 11.8 Å². The summed E-state index contributed by atoms with van der Waals surface area (Å²) >= 11 is 0. The maximum Gasteiger partial charge on any atom is 0.0540 e. The van der Waals surface area contributed by atoms with Gasteiger partial charge in [-0.2, -0.15) is 0 Å². The van der Waals surface area contributed by atoms with Crippen LogP contribution >= 0.6 is 0 Å². The molecule has 1 aliphatic carbocycles. The Hall–Kier alpha value is -1.38. The molecule has 0 aromatic heterocycles. The molecule has 148 valence electrons. The molecule has 1 aromatic rings. The van der Waals surface area contributed by atoms with Crippen molar-refractivity contribution in [2.75, 3.05) is 32.8 Å². The molecule has 4 heteroatoms. The molecular formula is C23H34N2O2. The molecule has 2 N–H and O–H groups in total. The zero-order valence-corrected chi connectivity index (χ0v) is 16.4. The molecule has 0 spiro atoms. The molecule has 0 bridgehead atoms. The van der Waals surface area contributed by atoms with Gasteiger partial charge in [-0.05, 0) is 37.0 Å². The van der Waals surface area contributed by atoms with Gasteiger partial charge in [0.15, 0.2) is 0 Å². The van der Waals surface area contributed by atoms with Crippen molar-refractivity contribution in [3.05, 3.63) is 35.4 Å². The summed E-state index contributed by atoms with van der Waals surface area (Å²) in [6, 6.07) is 9.69. The standard InChI is InChI=1S/C23H34N2O2/c26-16-5-4-6-20-9-11-21(12-10-20)18-24-14-15-25(23(19-24)13-17-27)22-7-2-1-3-8-22/h9-12,22-23,26-27H,1-3,5,7-8,13-19H2/t23-/m1/s1. The number of hydrogen-bond donors (Lipinski definition) is 2. The maximum atomic E-state index is 9.56. The van der Waals surface area contributed by atoms with Crippen LogP contribution in [0.1, 0.15) is 56.1 Å². The molecule has 27 heavy (non-hydrogen) atoms. The van der Waals surface area contributed by atoms with Crippen molar-refractivity contribution in [3.63, 3.8) is 0 Å². The third kappa shape index (κ3) is 6.05. The second-order valence-electron chi connectivity index (χ2n) is 7.90. The quantitative estimate of drug-likeness (QED) is 0.756. The third-order valence-corrected chi connectivity index (χ3v) is 5.95. The summed E-state index contributed by atoms with van der Waals surface area (Å²) in [5.74, 6) is 6.05. The van der Waals surface area contributed by atoms with Crippen molar-refractivity contribution in [1.29, 1.82) is 0 Å². The first-order valence-corrected chi connectivity index (χ1v) is 10.6. The Morgan fingerprint density at radius 2 is 1.74 bits per heavy atom. The van der Waals surface area contributed by atoms with Crippen molar-refractivity contribution >= 4 is 0 Å². The average Bonchev–Trinajstić information content (AvgIpc) is 2.71. The lowest BCUT2D eigenvalue weighted by molar-refractivity contribution is 0.0137. The lowest BCUT2D eigenvalue weighted by Gasteiger charge is -2.46. The van der Waals surface area contributed by atoms with Crippen LogP contribution in [-0.2, 0) is 6.54 Å². The number of piperazine rings is 1. The SMILES string of the molecule is OCCC#Cc1ccc(CN2CCN(C3CCCCC3)[C@H](CCO)C2)cc1. The Kier molecular flexibility index (Phi) is 8.16. The van der Waals surface area contributed by atoms with E-state index in [2.05, 4.69) is 45.9 Å². The number of aliphatic hydroxyl groups is 2. The van der Waals surface area contributed by atoms with Crippen LogP contribution in [0.4, 0.5) is 0 Å². The summed E-state index contributed by atoms with van der Waals surface area (Å²) in [6.07, 6.45) is 8.20. The number of hydrogen-bond acceptors (Lipinski definition) is 4. The van der Waals surface area contributed by atoms with E-state index in [0.717, 1.165) is 44.2 Å². The third-order valence-electron chi connectivity index (χ3n) is 5.95. The van der Waals surface area contributed by atoms with Gasteiger partial charge in [-0.3, -0.25) is 9.80 Å². The summed E-state index contributed by atoms with van der Waals surface area (Å²) in [5.41, 5.74) is 2.32. The van der Waals surface area contributed by atoms with Crippen molar-refractivity contribution in [2.45, 2.75) is 63.6 Å². The van der Waals surface area contributed by atoms with Crippen LogP contribution in [0.15, 0.2) is 24.3 Å². The van der Waals surface area contributed by atoms with Gasteiger partial charge in [0.05, 0.1) is 6.61 Å². The highest BCUT2D eigenvalue weighted by Crippen LogP contribution is 2.27. The molecule has 1 saturated heterocycles. The van der Waals surface area contributed by atoms with Gasteiger partial charge in [0.1, 0.15) is 0 Å². The number of rotatable bonds is 6. The molecule has 1 saturated carbocycles. The Bertz CT molecular complexity index is 614. The molecule has 0 unspecified atom stereocenters. The van der Waals surface area contributed by atoms with Gasteiger partial charge >= 0.3 is 0 Å². The highest BCUT2D eigenvalue weighted by atomic mass is 16.3. The molecule has 0 amide bonds. The Morgan fingerprint density at radius 3 is 2.44 bits per heavy atom. The van der Waals surface area contributed by atoms with Gasteiger partial charge in [0, 0.05) is 56.9 Å². The zero-order valence-electron chi connectivity index (χ0n) is 16.4. The number of benzene rings is 1. The molecule has 1 aliphatic heterocycles. The first-order valence-electron chi connectivity index (χ1n) is 10.6. The van der Waals surface area contributed by atoms with Gasteiger partial charge in [0.25, 0.3) is 0 Å². The second kappa shape index (κ2) is 10.8. The molecule has 1 heterocycles. The maximum absolute atomic E-state index is 9.56. The highest BCUT2D eigenvalue weighted by molar-refractivity contribution is 5.36. The first-order chi connectivity index (χ1) is 13.3. The average molecular weight is 371 g/mol. The highest BCUT2D eigenvalue weighted by Gasteiger charge is 2.32. The van der Waals surface area contributed by atoms with Crippen molar-refractivity contribution in [1.82, 2.24) is 9.80 Å². The van der Waals surface area contributed by atoms with E-state index >= 15 is 0 Å². The normalized spacial score (nSPS) is 22.4. The van der Waals surface area contributed by atoms with E-state index in [4.69, 9.17) is 5.11 Å². The van der Waals surface area contributed by atoms with Crippen LogP contribution in [0.3, 0.4) is 0 Å². The monoisotopic (exact) mass is 370 g/mol. The van der Waals surface area contributed by atoms with E-state index in [0.29, 0.717) is 12.5 Å². The summed E-state index contributed by atoms with van der Waals surface area (Å²) in [4.78, 5) is 5.23. The lowest BCUT2D eigenvalue weighted by atomic mass is 9.91. The fourth-order valence-corrected chi connectivity index (χ4v) is 4.55. The van der Waals surface area contributed by atoms with E-state index in [1.54, 1.807) is 0 Å². The van der Waals surface area contributed by atoms with Crippen molar-refractivity contribution in [3.8, 4) is 11.8 Å². The summed E-state index contributed by atoms with van der Waals surface area (Å²) < 4.78 is 0. The molecule has 4 nitrogen and oxygen atoms in total. The summed E-state index contributed by atoms with van der Waals surface area (Å²) in [7, 11) is 0. The zero-order chi connectivity index (χ0) is 18.9. The van der Waals surface area contributed by atoms with Gasteiger partial charge in [-0.1, -0.05) is 43.2 Å². The van der Waals surface area contributed by atoms with E-state index in [-0.39, 0.29) is 13.2 Å². The Balaban J connectivity index is 1.56. The minimum Gasteiger partial charge on any atom is -0.396 e. The smallest absolute Gasteiger partial charge is 0.0540 e. The second-order valence-corrected chi connectivity index (χ2v) is 7.90. The molecule has 0 radical (unpaired) electrons. The van der Waals surface area contributed by atoms with Crippen LogP contribution in [0.25, 0.3) is 0 Å². The van der Waals surface area contributed by atoms with Crippen LogP contribution < -0.4 is 0 Å². The number of aliphatic hydroxyl groups excluding tert-OH is 2. The van der Waals surface area contributed by atoms with Crippen LogP contribution in [0.5, 0.6) is 0 Å². The predicted octanol–water partition coefficient (Wildman–Crippen LogP) is 2.62. The van der Waals surface area contributed by atoms with Crippen LogP contribution in [-0.4, -0.2) is 64.9 Å². The largest absolute Gasteiger partial charge is 0.396 e. The molecule has 1 aromatic carbocycles. The molecule has 2 aliphatic rings. The summed E-state index contributed by atoms with van der Waals surface area (Å²) in [6.45, 7) is 4.65. The molecule has 3 rings (SSSR count). The van der Waals surface area contributed by atoms with Gasteiger partial charge in [-0.15, -0.1) is 0 Å². The van der Waals surface area contributed by atoms with Gasteiger partial charge < -0.3 is 10.2 Å². The van der Waals surface area contributed by atoms with E-state index in [9.17, 15) is 5.11 Å².